The van der Waals surface area contributed by atoms with Crippen molar-refractivity contribution in [3.8, 4) is 0 Å². The van der Waals surface area contributed by atoms with Crippen LogP contribution in [0.25, 0.3) is 5.57 Å². The summed E-state index contributed by atoms with van der Waals surface area (Å²) < 4.78 is 17.6. The van der Waals surface area contributed by atoms with Crippen LogP contribution in [-0.4, -0.2) is 16.2 Å². The van der Waals surface area contributed by atoms with Crippen LogP contribution in [0.2, 0.25) is 0 Å². The lowest BCUT2D eigenvalue weighted by Gasteiger charge is -2.36. The van der Waals surface area contributed by atoms with Gasteiger partial charge in [-0.2, -0.15) is 4.36 Å². The van der Waals surface area contributed by atoms with Crippen LogP contribution in [0.15, 0.2) is 75.6 Å². The predicted octanol–water partition coefficient (Wildman–Crippen LogP) is 4.16. The molecule has 0 fully saturated rings. The first kappa shape index (κ1) is 15.7. The van der Waals surface area contributed by atoms with E-state index >= 15 is 0 Å². The molecule has 23 heavy (non-hydrogen) atoms. The van der Waals surface area contributed by atoms with Gasteiger partial charge in [0.05, 0.1) is 20.8 Å². The van der Waals surface area contributed by atoms with E-state index < -0.39 is 15.1 Å². The second-order valence-electron chi connectivity index (χ2n) is 6.25. The van der Waals surface area contributed by atoms with Crippen molar-refractivity contribution in [2.24, 2.45) is 9.78 Å². The van der Waals surface area contributed by atoms with E-state index in [4.69, 9.17) is 0 Å². The van der Waals surface area contributed by atoms with Gasteiger partial charge in [0.25, 0.3) is 0 Å². The summed E-state index contributed by atoms with van der Waals surface area (Å²) in [6.07, 6.45) is 1.62. The highest BCUT2D eigenvalue weighted by molar-refractivity contribution is 7.93. The van der Waals surface area contributed by atoms with Gasteiger partial charge in [-0.3, -0.25) is 4.79 Å². The lowest BCUT2D eigenvalue weighted by Crippen LogP contribution is -2.38. The lowest BCUT2D eigenvalue weighted by molar-refractivity contribution is -0.121. The van der Waals surface area contributed by atoms with Gasteiger partial charge < -0.3 is 0 Å². The third kappa shape index (κ3) is 2.63. The number of carbonyl (C=O) groups is 1. The van der Waals surface area contributed by atoms with E-state index in [1.165, 1.54) is 0 Å². The normalized spacial score (nSPS) is 19.0. The molecule has 1 aliphatic rings. The number of benzene rings is 2. The highest BCUT2D eigenvalue weighted by Gasteiger charge is 2.47. The topological polar surface area (TPSA) is 46.5 Å². The number of hydrogen-bond donors (Lipinski definition) is 0. The molecule has 4 heteroatoms. The summed E-state index contributed by atoms with van der Waals surface area (Å²) in [6, 6.07) is 18.6. The Labute approximate surface area is 137 Å². The van der Waals surface area contributed by atoms with Gasteiger partial charge in [0.1, 0.15) is 0 Å². The third-order valence-corrected chi connectivity index (χ3v) is 5.81. The van der Waals surface area contributed by atoms with Gasteiger partial charge in [-0.05, 0) is 31.5 Å². The van der Waals surface area contributed by atoms with Crippen LogP contribution in [0.5, 0.6) is 0 Å². The summed E-state index contributed by atoms with van der Waals surface area (Å²) in [5, 5.41) is 0. The Bertz CT molecular complexity index is 903. The molecule has 1 aliphatic carbocycles. The van der Waals surface area contributed by atoms with Gasteiger partial charge in [0, 0.05) is 16.7 Å². The molecule has 0 aliphatic heterocycles. The zero-order valence-corrected chi connectivity index (χ0v) is 14.3. The van der Waals surface area contributed by atoms with Crippen molar-refractivity contribution in [1.82, 2.24) is 0 Å². The molecule has 2 aromatic carbocycles. The maximum absolute atomic E-state index is 13.1. The fourth-order valence-corrected chi connectivity index (χ4v) is 4.15. The molecular formula is C19H19NO2S. The monoisotopic (exact) mass is 325 g/mol. The van der Waals surface area contributed by atoms with E-state index in [-0.39, 0.29) is 5.78 Å². The molecule has 0 bridgehead atoms. The molecule has 0 amide bonds. The smallest absolute Gasteiger partial charge is 0.176 e. The van der Waals surface area contributed by atoms with E-state index in [1.807, 2.05) is 74.5 Å². The predicted molar refractivity (Wildman–Crippen MR) is 93.4 cm³/mol. The zero-order chi connectivity index (χ0) is 16.7. The Morgan fingerprint density at radius 2 is 1.43 bits per heavy atom. The van der Waals surface area contributed by atoms with E-state index in [1.54, 1.807) is 6.26 Å². The van der Waals surface area contributed by atoms with Gasteiger partial charge in [-0.25, -0.2) is 4.21 Å². The molecule has 0 aromatic heterocycles. The summed E-state index contributed by atoms with van der Waals surface area (Å²) in [4.78, 5) is 13.2. The molecular weight excluding hydrogens is 306 g/mol. The average molecular weight is 325 g/mol. The molecule has 3 rings (SSSR count). The Morgan fingerprint density at radius 1 is 0.913 bits per heavy atom. The first-order valence-electron chi connectivity index (χ1n) is 7.46. The first-order valence-corrected chi connectivity index (χ1v) is 9.38. The maximum Gasteiger partial charge on any atom is 0.176 e. The van der Waals surface area contributed by atoms with Crippen LogP contribution in [0.1, 0.15) is 19.4 Å². The Kier molecular flexibility index (Phi) is 3.72. The van der Waals surface area contributed by atoms with Crippen LogP contribution in [-0.2, 0) is 14.5 Å². The van der Waals surface area contributed by atoms with Crippen LogP contribution >= 0.6 is 0 Å². The Hall–Kier alpha value is -2.20. The molecule has 0 saturated carbocycles. The number of carbonyl (C=O) groups excluding carboxylic acids is 1. The second kappa shape index (κ2) is 5.46. The molecule has 0 radical (unpaired) electrons. The van der Waals surface area contributed by atoms with Crippen molar-refractivity contribution < 1.29 is 9.00 Å². The molecule has 3 nitrogen and oxygen atoms in total. The molecule has 1 unspecified atom stereocenters. The summed E-state index contributed by atoms with van der Waals surface area (Å²) in [5.74, 6) is 0.0470. The molecule has 2 aromatic rings. The van der Waals surface area contributed by atoms with Crippen LogP contribution in [0.3, 0.4) is 0 Å². The van der Waals surface area contributed by atoms with Crippen molar-refractivity contribution in [3.63, 3.8) is 0 Å². The van der Waals surface area contributed by atoms with Gasteiger partial charge in [0.2, 0.25) is 0 Å². The Balaban J connectivity index is 2.20. The summed E-state index contributed by atoms with van der Waals surface area (Å²) in [6.45, 7) is 3.67. The summed E-state index contributed by atoms with van der Waals surface area (Å²) in [5.41, 5.74) is 1.35. The number of hydrogen-bond acceptors (Lipinski definition) is 3. The lowest BCUT2D eigenvalue weighted by atomic mass is 9.67. The highest BCUT2D eigenvalue weighted by atomic mass is 32.2. The minimum atomic E-state index is -2.59. The number of allylic oxidation sites excluding steroid dienone is 2. The molecule has 0 heterocycles. The fraction of sp³-hybridized carbons (Fsp3) is 0.211. The Morgan fingerprint density at radius 3 is 2.00 bits per heavy atom. The number of nitrogens with zero attached hydrogens (tertiary/aromatic N) is 1. The molecule has 0 N–H and O–H groups in total. The molecule has 0 spiro atoms. The summed E-state index contributed by atoms with van der Waals surface area (Å²) >= 11 is 0. The minimum Gasteiger partial charge on any atom is -0.293 e. The zero-order valence-electron chi connectivity index (χ0n) is 13.4. The average Bonchev–Trinajstić information content (AvgIpc) is 2.56. The second-order valence-corrected chi connectivity index (χ2v) is 8.51. The van der Waals surface area contributed by atoms with Crippen molar-refractivity contribution in [2.45, 2.75) is 18.7 Å². The van der Waals surface area contributed by atoms with Crippen molar-refractivity contribution in [3.05, 3.63) is 71.9 Å². The van der Waals surface area contributed by atoms with E-state index in [9.17, 15) is 9.00 Å². The number of Topliss-reactive ketones (excluding diaryl/α,β-unsaturated/α-hetero) is 1. The molecule has 0 saturated heterocycles. The van der Waals surface area contributed by atoms with Gasteiger partial charge in [-0.15, -0.1) is 0 Å². The van der Waals surface area contributed by atoms with Crippen LogP contribution < -0.4 is 0 Å². The van der Waals surface area contributed by atoms with Crippen molar-refractivity contribution in [2.75, 3.05) is 6.26 Å². The fourth-order valence-electron chi connectivity index (χ4n) is 2.71. The van der Waals surface area contributed by atoms with Crippen molar-refractivity contribution in [1.29, 1.82) is 0 Å². The first-order chi connectivity index (χ1) is 10.8. The molecule has 1 atom stereocenters. The third-order valence-electron chi connectivity index (χ3n) is 4.13. The van der Waals surface area contributed by atoms with Gasteiger partial charge in [-0.1, -0.05) is 48.5 Å². The van der Waals surface area contributed by atoms with E-state index in [0.717, 1.165) is 5.56 Å². The van der Waals surface area contributed by atoms with Crippen LogP contribution in [0.4, 0.5) is 0 Å². The van der Waals surface area contributed by atoms with Crippen molar-refractivity contribution >= 4 is 21.1 Å². The SMILES string of the molecule is CC1(C)C(=O)C(c2ccccc2)=C1N=S(C)(=O)c1ccccc1. The van der Waals surface area contributed by atoms with Crippen LogP contribution in [0, 0.1) is 5.41 Å². The highest BCUT2D eigenvalue weighted by Crippen LogP contribution is 2.48. The quantitative estimate of drug-likeness (QED) is 0.850. The van der Waals surface area contributed by atoms with Gasteiger partial charge >= 0.3 is 0 Å². The maximum atomic E-state index is 13.1. The number of ketones is 1. The van der Waals surface area contributed by atoms with E-state index in [2.05, 4.69) is 4.36 Å². The minimum absolute atomic E-state index is 0.0470. The molecule has 118 valence electrons. The largest absolute Gasteiger partial charge is 0.293 e. The van der Waals surface area contributed by atoms with E-state index in [0.29, 0.717) is 16.2 Å². The number of rotatable bonds is 3. The summed E-state index contributed by atoms with van der Waals surface area (Å²) in [7, 11) is -2.59. The van der Waals surface area contributed by atoms with Gasteiger partial charge in [0.15, 0.2) is 5.78 Å². The standard InChI is InChI=1S/C19H19NO2S/c1-19(2)17(16(18(19)21)14-10-6-4-7-11-14)20-23(3,22)15-12-8-5-9-13-15/h4-13H,1-3H3.